The maximum absolute atomic E-state index is 9.65. The lowest BCUT2D eigenvalue weighted by atomic mass is 10.1. The number of aliphatic hydroxyl groups excluding tert-OH is 1. The molecule has 1 saturated heterocycles. The number of β-amino-alcohol motifs (C(OH)–C–C–N with tert-alkyl or cyclic N) is 1. The van der Waals surface area contributed by atoms with E-state index in [2.05, 4.69) is 29.5 Å². The van der Waals surface area contributed by atoms with E-state index < -0.39 is 0 Å². The van der Waals surface area contributed by atoms with Gasteiger partial charge >= 0.3 is 0 Å². The molecule has 1 aliphatic heterocycles. The Bertz CT molecular complexity index is 359. The van der Waals surface area contributed by atoms with Crippen molar-refractivity contribution in [1.29, 1.82) is 0 Å². The first-order valence-electron chi connectivity index (χ1n) is 6.21. The summed E-state index contributed by atoms with van der Waals surface area (Å²) in [5.74, 6) is 0.890. The molecule has 0 aliphatic carbocycles. The van der Waals surface area contributed by atoms with Crippen molar-refractivity contribution < 1.29 is 5.11 Å². The number of rotatable bonds is 5. The molecule has 1 aliphatic rings. The first-order valence-corrected chi connectivity index (χ1v) is 7.02. The highest BCUT2D eigenvalue weighted by Crippen LogP contribution is 2.21. The highest BCUT2D eigenvalue weighted by Gasteiger charge is 2.24. The third kappa shape index (κ3) is 4.17. The van der Waals surface area contributed by atoms with Gasteiger partial charge in [0.05, 0.1) is 6.10 Å². The molecule has 104 valence electrons. The van der Waals surface area contributed by atoms with Gasteiger partial charge in [0.15, 0.2) is 0 Å². The summed E-state index contributed by atoms with van der Waals surface area (Å²) in [5.41, 5.74) is 0. The van der Waals surface area contributed by atoms with Crippen LogP contribution in [0.4, 0.5) is 0 Å². The Hall–Kier alpha value is -0.200. The molecule has 0 saturated carbocycles. The van der Waals surface area contributed by atoms with E-state index in [1.807, 2.05) is 6.20 Å². The van der Waals surface area contributed by atoms with Crippen LogP contribution in [0.15, 0.2) is 6.20 Å². The summed E-state index contributed by atoms with van der Waals surface area (Å²) in [6.45, 7) is 7.66. The highest BCUT2D eigenvalue weighted by molar-refractivity contribution is 7.11. The Morgan fingerprint density at radius 3 is 2.89 bits per heavy atom. The third-order valence-corrected chi connectivity index (χ3v) is 4.43. The summed E-state index contributed by atoms with van der Waals surface area (Å²) in [5, 5.41) is 17.3. The van der Waals surface area contributed by atoms with E-state index in [1.165, 1.54) is 4.88 Å². The van der Waals surface area contributed by atoms with Gasteiger partial charge in [-0.1, -0.05) is 13.8 Å². The molecule has 0 aromatic carbocycles. The number of nitrogens with zero attached hydrogens (tertiary/aromatic N) is 1. The molecule has 0 radical (unpaired) electrons. The fourth-order valence-corrected chi connectivity index (χ4v) is 2.86. The van der Waals surface area contributed by atoms with Gasteiger partial charge < -0.3 is 15.7 Å². The molecular formula is C12H22ClN3OS. The van der Waals surface area contributed by atoms with E-state index in [0.29, 0.717) is 11.8 Å². The Morgan fingerprint density at radius 1 is 1.56 bits per heavy atom. The average Bonchev–Trinajstić information content (AvgIpc) is 2.89. The molecule has 1 aromatic heterocycles. The lowest BCUT2D eigenvalue weighted by molar-refractivity contribution is 0.146. The van der Waals surface area contributed by atoms with Gasteiger partial charge in [-0.3, -0.25) is 0 Å². The van der Waals surface area contributed by atoms with E-state index in [9.17, 15) is 5.11 Å². The lowest BCUT2D eigenvalue weighted by Crippen LogP contribution is -2.30. The minimum absolute atomic E-state index is 0. The molecule has 4 nitrogen and oxygen atoms in total. The third-order valence-electron chi connectivity index (χ3n) is 3.13. The molecule has 2 atom stereocenters. The predicted octanol–water partition coefficient (Wildman–Crippen LogP) is 1.36. The maximum Gasteiger partial charge on any atom is 0.107 e. The van der Waals surface area contributed by atoms with Crippen LogP contribution in [0, 0.1) is 5.92 Å². The van der Waals surface area contributed by atoms with Crippen LogP contribution in [-0.2, 0) is 6.54 Å². The smallest absolute Gasteiger partial charge is 0.107 e. The van der Waals surface area contributed by atoms with Crippen LogP contribution < -0.4 is 10.6 Å². The van der Waals surface area contributed by atoms with Crippen molar-refractivity contribution in [3.8, 4) is 0 Å². The minimum atomic E-state index is -0.204. The predicted molar refractivity (Wildman–Crippen MR) is 77.5 cm³/mol. The number of hydrogen-bond acceptors (Lipinski definition) is 5. The van der Waals surface area contributed by atoms with Crippen molar-refractivity contribution in [2.75, 3.05) is 19.6 Å². The summed E-state index contributed by atoms with van der Waals surface area (Å²) in [6, 6.07) is 0. The summed E-state index contributed by atoms with van der Waals surface area (Å²) >= 11 is 1.77. The van der Waals surface area contributed by atoms with Crippen LogP contribution >= 0.6 is 23.7 Å². The normalized spacial score (nSPS) is 23.3. The molecule has 6 heteroatoms. The van der Waals surface area contributed by atoms with Gasteiger partial charge in [0.2, 0.25) is 0 Å². The summed E-state index contributed by atoms with van der Waals surface area (Å²) < 4.78 is 0. The molecule has 2 rings (SSSR count). The second kappa shape index (κ2) is 7.40. The van der Waals surface area contributed by atoms with Gasteiger partial charge in [-0.15, -0.1) is 23.7 Å². The highest BCUT2D eigenvalue weighted by atomic mass is 35.5. The van der Waals surface area contributed by atoms with E-state index in [4.69, 9.17) is 0 Å². The zero-order valence-electron chi connectivity index (χ0n) is 10.8. The van der Waals surface area contributed by atoms with Crippen LogP contribution in [0.2, 0.25) is 0 Å². The molecular weight excluding hydrogens is 270 g/mol. The molecule has 1 aromatic rings. The van der Waals surface area contributed by atoms with Gasteiger partial charge in [-0.25, -0.2) is 4.98 Å². The van der Waals surface area contributed by atoms with Gasteiger partial charge in [0.1, 0.15) is 5.01 Å². The zero-order chi connectivity index (χ0) is 12.3. The van der Waals surface area contributed by atoms with Crippen molar-refractivity contribution in [3.63, 3.8) is 0 Å². The van der Waals surface area contributed by atoms with Crippen molar-refractivity contribution in [1.82, 2.24) is 15.6 Å². The number of thiazole rings is 1. The summed E-state index contributed by atoms with van der Waals surface area (Å²) in [6.07, 6.45) is 1.77. The second-order valence-electron chi connectivity index (χ2n) is 4.93. The van der Waals surface area contributed by atoms with Gasteiger partial charge in [-0.05, 0) is 5.92 Å². The number of aliphatic hydroxyl groups is 1. The second-order valence-corrected chi connectivity index (χ2v) is 6.07. The first kappa shape index (κ1) is 15.9. The number of halogens is 1. The van der Waals surface area contributed by atoms with Crippen molar-refractivity contribution in [3.05, 3.63) is 16.1 Å². The average molecular weight is 292 g/mol. The Balaban J connectivity index is 0.00000162. The van der Waals surface area contributed by atoms with Gasteiger partial charge in [-0.2, -0.15) is 0 Å². The van der Waals surface area contributed by atoms with E-state index >= 15 is 0 Å². The zero-order valence-corrected chi connectivity index (χ0v) is 12.5. The monoisotopic (exact) mass is 291 g/mol. The molecule has 18 heavy (non-hydrogen) atoms. The Kier molecular flexibility index (Phi) is 6.52. The van der Waals surface area contributed by atoms with E-state index in [0.717, 1.165) is 31.2 Å². The molecule has 3 N–H and O–H groups in total. The topological polar surface area (TPSA) is 57.2 Å². The minimum Gasteiger partial charge on any atom is -0.391 e. The van der Waals surface area contributed by atoms with Crippen LogP contribution in [0.25, 0.3) is 0 Å². The molecule has 0 amide bonds. The van der Waals surface area contributed by atoms with E-state index in [-0.39, 0.29) is 18.5 Å². The Morgan fingerprint density at radius 2 is 2.33 bits per heavy atom. The standard InChI is InChI=1S/C12H21N3OS.ClH/c1-8(2)11-6-15-12(17-11)7-14-4-9-3-13-5-10(9)16;/h6,8-10,13-14,16H,3-5,7H2,1-2H3;1H. The largest absolute Gasteiger partial charge is 0.391 e. The van der Waals surface area contributed by atoms with Crippen molar-refractivity contribution in [2.24, 2.45) is 5.92 Å². The van der Waals surface area contributed by atoms with Crippen LogP contribution in [-0.4, -0.2) is 35.8 Å². The number of nitrogens with one attached hydrogen (secondary N) is 2. The number of hydrogen-bond donors (Lipinski definition) is 3. The SMILES string of the molecule is CC(C)c1cnc(CNCC2CNCC2O)s1.Cl. The van der Waals surface area contributed by atoms with Crippen molar-refractivity contribution in [2.45, 2.75) is 32.4 Å². The van der Waals surface area contributed by atoms with Crippen LogP contribution in [0.5, 0.6) is 0 Å². The Labute approximate surface area is 119 Å². The fraction of sp³-hybridized carbons (Fsp3) is 0.750. The maximum atomic E-state index is 9.65. The van der Waals surface area contributed by atoms with Crippen LogP contribution in [0.1, 0.15) is 29.7 Å². The molecule has 0 spiro atoms. The lowest BCUT2D eigenvalue weighted by Gasteiger charge is -2.13. The van der Waals surface area contributed by atoms with Gasteiger partial charge in [0.25, 0.3) is 0 Å². The van der Waals surface area contributed by atoms with Gasteiger partial charge in [0, 0.05) is 43.2 Å². The fourth-order valence-electron chi connectivity index (χ4n) is 1.97. The molecule has 1 fully saturated rings. The quantitative estimate of drug-likeness (QED) is 0.767. The number of aromatic nitrogens is 1. The first-order chi connectivity index (χ1) is 8.16. The van der Waals surface area contributed by atoms with Crippen molar-refractivity contribution >= 4 is 23.7 Å². The molecule has 0 bridgehead atoms. The van der Waals surface area contributed by atoms with E-state index in [1.54, 1.807) is 11.3 Å². The molecule has 2 unspecified atom stereocenters. The van der Waals surface area contributed by atoms with Crippen LogP contribution in [0.3, 0.4) is 0 Å². The summed E-state index contributed by atoms with van der Waals surface area (Å²) in [7, 11) is 0. The summed E-state index contributed by atoms with van der Waals surface area (Å²) in [4.78, 5) is 5.74. The molecule has 2 heterocycles.